The summed E-state index contributed by atoms with van der Waals surface area (Å²) in [6.45, 7) is 8.17. The topological polar surface area (TPSA) is 35.5 Å². The molecule has 1 aliphatic heterocycles. The van der Waals surface area contributed by atoms with Gasteiger partial charge in [-0.3, -0.25) is 0 Å². The molecule has 112 valence electrons. The van der Waals surface area contributed by atoms with Gasteiger partial charge in [-0.1, -0.05) is 25.5 Å². The van der Waals surface area contributed by atoms with Gasteiger partial charge in [0.05, 0.1) is 0 Å². The molecule has 0 saturated carbocycles. The minimum Gasteiger partial charge on any atom is -0.508 e. The molecule has 0 spiro atoms. The highest BCUT2D eigenvalue weighted by Gasteiger charge is 2.20. The summed E-state index contributed by atoms with van der Waals surface area (Å²) in [6, 6.07) is 8.51. The standard InChI is InChI=1S/C17H28N2O/c1-3-4-11-19-12-9-16(10-13-19)18-14(2)15-5-7-17(20)8-6-15/h5-8,14,16,18,20H,3-4,9-13H2,1-2H3. The second-order valence-electron chi connectivity index (χ2n) is 5.95. The lowest BCUT2D eigenvalue weighted by atomic mass is 10.0. The third-order valence-electron chi connectivity index (χ3n) is 4.29. The second-order valence-corrected chi connectivity index (χ2v) is 5.95. The van der Waals surface area contributed by atoms with Crippen molar-refractivity contribution >= 4 is 0 Å². The number of rotatable bonds is 6. The summed E-state index contributed by atoms with van der Waals surface area (Å²) in [6.07, 6.45) is 5.09. The normalized spacial score (nSPS) is 19.1. The Labute approximate surface area is 123 Å². The maximum Gasteiger partial charge on any atom is 0.115 e. The molecule has 0 aliphatic carbocycles. The highest BCUT2D eigenvalue weighted by Crippen LogP contribution is 2.19. The third-order valence-corrected chi connectivity index (χ3v) is 4.29. The van der Waals surface area contributed by atoms with Crippen LogP contribution in [0.3, 0.4) is 0 Å². The van der Waals surface area contributed by atoms with Crippen LogP contribution in [0.4, 0.5) is 0 Å². The summed E-state index contributed by atoms with van der Waals surface area (Å²) in [5.41, 5.74) is 1.25. The summed E-state index contributed by atoms with van der Waals surface area (Å²) >= 11 is 0. The predicted octanol–water partition coefficient (Wildman–Crippen LogP) is 3.31. The summed E-state index contributed by atoms with van der Waals surface area (Å²) < 4.78 is 0. The maximum absolute atomic E-state index is 9.33. The van der Waals surface area contributed by atoms with E-state index in [-0.39, 0.29) is 0 Å². The summed E-state index contributed by atoms with van der Waals surface area (Å²) in [7, 11) is 0. The molecule has 1 unspecified atom stereocenters. The van der Waals surface area contributed by atoms with Crippen LogP contribution < -0.4 is 5.32 Å². The minimum atomic E-state index is 0.338. The van der Waals surface area contributed by atoms with Crippen LogP contribution in [0.1, 0.15) is 51.1 Å². The monoisotopic (exact) mass is 276 g/mol. The molecule has 3 heteroatoms. The summed E-state index contributed by atoms with van der Waals surface area (Å²) in [4.78, 5) is 2.59. The molecule has 1 heterocycles. The molecule has 1 saturated heterocycles. The van der Waals surface area contributed by atoms with Crippen molar-refractivity contribution in [1.29, 1.82) is 0 Å². The first kappa shape index (κ1) is 15.3. The molecular weight excluding hydrogens is 248 g/mol. The Morgan fingerprint density at radius 1 is 1.25 bits per heavy atom. The van der Waals surface area contributed by atoms with E-state index in [0.717, 1.165) is 0 Å². The van der Waals surface area contributed by atoms with E-state index in [9.17, 15) is 5.11 Å². The van der Waals surface area contributed by atoms with Gasteiger partial charge in [-0.25, -0.2) is 0 Å². The number of likely N-dealkylation sites (tertiary alicyclic amines) is 1. The number of aromatic hydroxyl groups is 1. The molecule has 0 aromatic heterocycles. The van der Waals surface area contributed by atoms with Crippen LogP contribution >= 0.6 is 0 Å². The average molecular weight is 276 g/mol. The van der Waals surface area contributed by atoms with Gasteiger partial charge in [0.2, 0.25) is 0 Å². The minimum absolute atomic E-state index is 0.338. The lowest BCUT2D eigenvalue weighted by Gasteiger charge is -2.34. The van der Waals surface area contributed by atoms with Gasteiger partial charge in [0.25, 0.3) is 0 Å². The van der Waals surface area contributed by atoms with Crippen molar-refractivity contribution in [3.63, 3.8) is 0 Å². The van der Waals surface area contributed by atoms with Crippen LogP contribution in [0, 0.1) is 0 Å². The molecule has 0 radical (unpaired) electrons. The lowest BCUT2D eigenvalue weighted by molar-refractivity contribution is 0.190. The molecule has 1 aromatic carbocycles. The first-order chi connectivity index (χ1) is 9.69. The van der Waals surface area contributed by atoms with Gasteiger partial charge in [-0.05, 0) is 63.5 Å². The molecule has 0 amide bonds. The van der Waals surface area contributed by atoms with Crippen LogP contribution in [0.15, 0.2) is 24.3 Å². The van der Waals surface area contributed by atoms with E-state index in [0.29, 0.717) is 17.8 Å². The van der Waals surface area contributed by atoms with Crippen LogP contribution in [0.2, 0.25) is 0 Å². The Hall–Kier alpha value is -1.06. The molecule has 1 fully saturated rings. The zero-order valence-electron chi connectivity index (χ0n) is 12.8. The number of nitrogens with one attached hydrogen (secondary N) is 1. The van der Waals surface area contributed by atoms with Crippen molar-refractivity contribution in [2.45, 2.75) is 51.6 Å². The molecule has 1 aliphatic rings. The van der Waals surface area contributed by atoms with E-state index in [4.69, 9.17) is 0 Å². The smallest absolute Gasteiger partial charge is 0.115 e. The van der Waals surface area contributed by atoms with Crippen LogP contribution in [-0.2, 0) is 0 Å². The number of benzene rings is 1. The average Bonchev–Trinajstić information content (AvgIpc) is 2.47. The summed E-state index contributed by atoms with van der Waals surface area (Å²) in [5.74, 6) is 0.338. The van der Waals surface area contributed by atoms with E-state index >= 15 is 0 Å². The SMILES string of the molecule is CCCCN1CCC(NC(C)c2ccc(O)cc2)CC1. The lowest BCUT2D eigenvalue weighted by Crippen LogP contribution is -2.43. The number of phenolic OH excluding ortho intramolecular Hbond substituents is 1. The Morgan fingerprint density at radius 2 is 1.90 bits per heavy atom. The van der Waals surface area contributed by atoms with Gasteiger partial charge in [-0.2, -0.15) is 0 Å². The van der Waals surface area contributed by atoms with Crippen molar-refractivity contribution in [2.24, 2.45) is 0 Å². The number of phenols is 1. The van der Waals surface area contributed by atoms with Gasteiger partial charge in [0.1, 0.15) is 5.75 Å². The fourth-order valence-corrected chi connectivity index (χ4v) is 2.92. The van der Waals surface area contributed by atoms with Crippen molar-refractivity contribution in [3.05, 3.63) is 29.8 Å². The molecular formula is C17H28N2O. The van der Waals surface area contributed by atoms with E-state index in [1.54, 1.807) is 12.1 Å². The fourth-order valence-electron chi connectivity index (χ4n) is 2.92. The largest absolute Gasteiger partial charge is 0.508 e. The van der Waals surface area contributed by atoms with E-state index in [1.807, 2.05) is 12.1 Å². The maximum atomic E-state index is 9.33. The van der Waals surface area contributed by atoms with Gasteiger partial charge in [0, 0.05) is 12.1 Å². The third kappa shape index (κ3) is 4.50. The van der Waals surface area contributed by atoms with E-state index in [1.165, 1.54) is 50.9 Å². The Bertz CT molecular complexity index is 382. The Balaban J connectivity index is 1.76. The van der Waals surface area contributed by atoms with Gasteiger partial charge in [0.15, 0.2) is 0 Å². The fraction of sp³-hybridized carbons (Fsp3) is 0.647. The summed E-state index contributed by atoms with van der Waals surface area (Å²) in [5, 5.41) is 13.1. The zero-order chi connectivity index (χ0) is 14.4. The van der Waals surface area contributed by atoms with Crippen molar-refractivity contribution in [1.82, 2.24) is 10.2 Å². The number of hydrogen-bond acceptors (Lipinski definition) is 3. The number of hydrogen-bond donors (Lipinski definition) is 2. The van der Waals surface area contributed by atoms with Gasteiger partial charge in [-0.15, -0.1) is 0 Å². The Kier molecular flexibility index (Phi) is 5.86. The molecule has 2 rings (SSSR count). The highest BCUT2D eigenvalue weighted by molar-refractivity contribution is 5.27. The van der Waals surface area contributed by atoms with Gasteiger partial charge >= 0.3 is 0 Å². The first-order valence-electron chi connectivity index (χ1n) is 7.96. The second kappa shape index (κ2) is 7.65. The zero-order valence-corrected chi connectivity index (χ0v) is 12.8. The quantitative estimate of drug-likeness (QED) is 0.837. The number of piperidine rings is 1. The molecule has 2 N–H and O–H groups in total. The van der Waals surface area contributed by atoms with Crippen LogP contribution in [-0.4, -0.2) is 35.7 Å². The van der Waals surface area contributed by atoms with Crippen molar-refractivity contribution in [2.75, 3.05) is 19.6 Å². The Morgan fingerprint density at radius 3 is 2.50 bits per heavy atom. The number of unbranched alkanes of at least 4 members (excludes halogenated alkanes) is 1. The first-order valence-corrected chi connectivity index (χ1v) is 7.96. The van der Waals surface area contributed by atoms with Crippen LogP contribution in [0.25, 0.3) is 0 Å². The molecule has 1 aromatic rings. The molecule has 0 bridgehead atoms. The predicted molar refractivity (Wildman–Crippen MR) is 84.0 cm³/mol. The van der Waals surface area contributed by atoms with E-state index in [2.05, 4.69) is 24.1 Å². The highest BCUT2D eigenvalue weighted by atomic mass is 16.3. The van der Waals surface area contributed by atoms with E-state index < -0.39 is 0 Å². The molecule has 20 heavy (non-hydrogen) atoms. The number of nitrogens with zero attached hydrogens (tertiary/aromatic N) is 1. The van der Waals surface area contributed by atoms with Crippen LogP contribution in [0.5, 0.6) is 5.75 Å². The molecule has 3 nitrogen and oxygen atoms in total. The van der Waals surface area contributed by atoms with Gasteiger partial charge < -0.3 is 15.3 Å². The van der Waals surface area contributed by atoms with Crippen molar-refractivity contribution < 1.29 is 5.11 Å². The van der Waals surface area contributed by atoms with Crippen molar-refractivity contribution in [3.8, 4) is 5.75 Å². The molecule has 1 atom stereocenters.